The second-order valence-corrected chi connectivity index (χ2v) is 12.0. The van der Waals surface area contributed by atoms with Gasteiger partial charge in [-0.25, -0.2) is 9.97 Å². The number of hydrogen-bond donors (Lipinski definition) is 1. The van der Waals surface area contributed by atoms with Gasteiger partial charge < -0.3 is 15.0 Å². The number of rotatable bonds is 4. The highest BCUT2D eigenvalue weighted by molar-refractivity contribution is 6.10. The Morgan fingerprint density at radius 1 is 0.429 bits per heavy atom. The number of hydrogen-bond acceptors (Lipinski definition) is 2. The normalized spacial score (nSPS) is 11.8. The van der Waals surface area contributed by atoms with Crippen LogP contribution in [0.25, 0.3) is 85.4 Å². The zero-order valence-corrected chi connectivity index (χ0v) is 26.6. The molecule has 8 bridgehead atoms. The Labute approximate surface area is 284 Å². The highest BCUT2D eigenvalue weighted by atomic mass is 16.0. The van der Waals surface area contributed by atoms with Gasteiger partial charge in [0.1, 0.15) is 0 Å². The van der Waals surface area contributed by atoms with Gasteiger partial charge >= 0.3 is 0 Å². The van der Waals surface area contributed by atoms with Crippen molar-refractivity contribution in [3.8, 4) is 39.1 Å². The summed E-state index contributed by atoms with van der Waals surface area (Å²) in [6, 6.07) is 53.3. The van der Waals surface area contributed by atoms with Crippen molar-refractivity contribution < 1.29 is 5.48 Å². The average Bonchev–Trinajstić information content (AvgIpc) is 3.95. The quantitative estimate of drug-likeness (QED) is 0.210. The highest BCUT2D eigenvalue weighted by Crippen LogP contribution is 2.47. The third-order valence-electron chi connectivity index (χ3n) is 8.87. The summed E-state index contributed by atoms with van der Waals surface area (Å²) >= 11 is 0. The molecular formula is C44H32N4O. The molecular weight excluding hydrogens is 601 g/mol. The largest absolute Gasteiger partial charge is 0.412 e. The summed E-state index contributed by atoms with van der Waals surface area (Å²) in [6.07, 6.45) is 8.44. The van der Waals surface area contributed by atoms with Crippen molar-refractivity contribution >= 4 is 46.4 Å². The third-order valence-corrected chi connectivity index (χ3v) is 8.87. The van der Waals surface area contributed by atoms with Gasteiger partial charge in [0.25, 0.3) is 0 Å². The molecule has 234 valence electrons. The minimum absolute atomic E-state index is 0. The Kier molecular flexibility index (Phi) is 7.65. The molecule has 5 heteroatoms. The van der Waals surface area contributed by atoms with Crippen LogP contribution in [0.3, 0.4) is 0 Å². The van der Waals surface area contributed by atoms with E-state index in [1.165, 1.54) is 0 Å². The lowest BCUT2D eigenvalue weighted by Crippen LogP contribution is -1.97. The van der Waals surface area contributed by atoms with E-state index < -0.39 is 0 Å². The van der Waals surface area contributed by atoms with Crippen LogP contribution in [0.2, 0.25) is 0 Å². The van der Waals surface area contributed by atoms with Crippen molar-refractivity contribution in [2.24, 2.45) is 0 Å². The molecule has 9 rings (SSSR count). The Balaban J connectivity index is 0.00000348. The fraction of sp³-hybridized carbons (Fsp3) is 0. The van der Waals surface area contributed by atoms with Gasteiger partial charge in [0.15, 0.2) is 0 Å². The first-order chi connectivity index (χ1) is 23.8. The molecule has 0 radical (unpaired) electrons. The molecule has 49 heavy (non-hydrogen) atoms. The Morgan fingerprint density at radius 3 is 1.49 bits per heavy atom. The van der Waals surface area contributed by atoms with Crippen LogP contribution in [-0.2, 0) is 0 Å². The molecule has 2 aliphatic heterocycles. The van der Waals surface area contributed by atoms with Gasteiger partial charge in [-0.2, -0.15) is 0 Å². The standard InChI is InChI=1S/C44H30N4.H2O/c1-5-13-30(14-6-1)41-39-26-25-36(47-39)28-35-22-21-33(45-35)27-34-23-24-37(46-34)29-40-42(31-15-7-2-8-16-31)43(32-17-9-3-10-18-32)44(41)48(40)38-19-11-4-12-20-38;/h1-29,45H;1H2. The maximum atomic E-state index is 5.29. The third kappa shape index (κ3) is 5.48. The van der Waals surface area contributed by atoms with Gasteiger partial charge in [-0.05, 0) is 83.5 Å². The molecule has 4 aromatic carbocycles. The van der Waals surface area contributed by atoms with Crippen molar-refractivity contribution in [1.29, 1.82) is 0 Å². The van der Waals surface area contributed by atoms with Gasteiger partial charge in [-0.1, -0.05) is 109 Å². The van der Waals surface area contributed by atoms with Crippen molar-refractivity contribution in [1.82, 2.24) is 19.5 Å². The van der Waals surface area contributed by atoms with Gasteiger partial charge in [-0.15, -0.1) is 0 Å². The van der Waals surface area contributed by atoms with Crippen LogP contribution in [0.4, 0.5) is 0 Å². The first-order valence-corrected chi connectivity index (χ1v) is 16.2. The van der Waals surface area contributed by atoms with E-state index in [-0.39, 0.29) is 5.48 Å². The van der Waals surface area contributed by atoms with Crippen LogP contribution in [0.5, 0.6) is 0 Å². The van der Waals surface area contributed by atoms with Crippen LogP contribution < -0.4 is 0 Å². The van der Waals surface area contributed by atoms with E-state index in [9.17, 15) is 0 Å². The fourth-order valence-electron chi connectivity index (χ4n) is 6.81. The topological polar surface area (TPSA) is 78.0 Å². The zero-order valence-electron chi connectivity index (χ0n) is 26.6. The summed E-state index contributed by atoms with van der Waals surface area (Å²) in [6.45, 7) is 0. The Morgan fingerprint density at radius 2 is 0.898 bits per heavy atom. The van der Waals surface area contributed by atoms with Crippen molar-refractivity contribution in [2.75, 3.05) is 0 Å². The summed E-state index contributed by atoms with van der Waals surface area (Å²) in [5.74, 6) is 0. The molecule has 5 heterocycles. The summed E-state index contributed by atoms with van der Waals surface area (Å²) in [5.41, 5.74) is 15.4. The molecule has 2 aliphatic rings. The first kappa shape index (κ1) is 29.8. The van der Waals surface area contributed by atoms with E-state index >= 15 is 0 Å². The predicted octanol–water partition coefficient (Wildman–Crippen LogP) is 10.3. The molecule has 0 amide bonds. The van der Waals surface area contributed by atoms with Gasteiger partial charge in [0, 0.05) is 33.4 Å². The lowest BCUT2D eigenvalue weighted by atomic mass is 9.93. The summed E-state index contributed by atoms with van der Waals surface area (Å²) in [5, 5.41) is 0. The number of nitrogens with zero attached hydrogens (tertiary/aromatic N) is 3. The number of aromatic amines is 1. The number of fused-ring (bicyclic) bond motifs is 8. The molecule has 0 spiro atoms. The molecule has 0 fully saturated rings. The summed E-state index contributed by atoms with van der Waals surface area (Å²) in [4.78, 5) is 13.9. The molecule has 0 aliphatic carbocycles. The molecule has 0 unspecified atom stereocenters. The number of aromatic nitrogens is 4. The molecule has 0 saturated carbocycles. The minimum Gasteiger partial charge on any atom is -0.412 e. The van der Waals surface area contributed by atoms with E-state index in [1.54, 1.807) is 0 Å². The molecule has 0 atom stereocenters. The monoisotopic (exact) mass is 632 g/mol. The van der Waals surface area contributed by atoms with Crippen LogP contribution in [0, 0.1) is 0 Å². The van der Waals surface area contributed by atoms with E-state index in [0.717, 1.165) is 83.9 Å². The number of para-hydroxylation sites is 1. The molecule has 7 aromatic rings. The maximum absolute atomic E-state index is 5.29. The smallest absolute Gasteiger partial charge is 0.0737 e. The van der Waals surface area contributed by atoms with Crippen LogP contribution in [0.15, 0.2) is 152 Å². The molecule has 3 aromatic heterocycles. The first-order valence-electron chi connectivity index (χ1n) is 16.2. The van der Waals surface area contributed by atoms with Crippen molar-refractivity contribution in [2.45, 2.75) is 0 Å². The lowest BCUT2D eigenvalue weighted by Gasteiger charge is -2.13. The van der Waals surface area contributed by atoms with Gasteiger partial charge in [0.2, 0.25) is 0 Å². The van der Waals surface area contributed by atoms with E-state index in [0.29, 0.717) is 0 Å². The van der Waals surface area contributed by atoms with E-state index in [2.05, 4.69) is 186 Å². The molecule has 3 N–H and O–H groups in total. The van der Waals surface area contributed by atoms with E-state index in [1.807, 2.05) is 0 Å². The van der Waals surface area contributed by atoms with Crippen molar-refractivity contribution in [3.05, 3.63) is 174 Å². The van der Waals surface area contributed by atoms with Gasteiger partial charge in [0.05, 0.1) is 33.8 Å². The lowest BCUT2D eigenvalue weighted by molar-refractivity contribution is 0.824. The molecule has 5 nitrogen and oxygen atoms in total. The van der Waals surface area contributed by atoms with Gasteiger partial charge in [-0.3, -0.25) is 0 Å². The second-order valence-electron chi connectivity index (χ2n) is 12.0. The van der Waals surface area contributed by atoms with Crippen LogP contribution in [-0.4, -0.2) is 25.0 Å². The highest BCUT2D eigenvalue weighted by Gasteiger charge is 2.25. The number of nitrogens with one attached hydrogen (secondary N) is 1. The number of H-pyrrole nitrogens is 1. The second kappa shape index (κ2) is 12.6. The summed E-state index contributed by atoms with van der Waals surface area (Å²) in [7, 11) is 0. The van der Waals surface area contributed by atoms with Crippen molar-refractivity contribution in [3.63, 3.8) is 0 Å². The Bertz CT molecular complexity index is 2530. The molecule has 0 saturated heterocycles. The average molecular weight is 633 g/mol. The van der Waals surface area contributed by atoms with Crippen LogP contribution >= 0.6 is 0 Å². The van der Waals surface area contributed by atoms with E-state index in [4.69, 9.17) is 9.97 Å². The minimum atomic E-state index is 0. The van der Waals surface area contributed by atoms with Crippen LogP contribution in [0.1, 0.15) is 22.8 Å². The fourth-order valence-corrected chi connectivity index (χ4v) is 6.81. The SMILES string of the molecule is C1=Cc2cc3c(-c4ccccc4)c(-c4ccccc4)c(c(-c4ccccc4)c4nc(cc5ccc(cc1n2)[nH]5)C=C4)n3-c1ccccc1.O. The Hall–Kier alpha value is -6.56. The number of benzene rings is 4. The zero-order chi connectivity index (χ0) is 31.9. The maximum Gasteiger partial charge on any atom is 0.0737 e. The predicted molar refractivity (Wildman–Crippen MR) is 204 cm³/mol. The summed E-state index contributed by atoms with van der Waals surface area (Å²) < 4.78 is 2.41.